The van der Waals surface area contributed by atoms with Crippen LogP contribution in [0.25, 0.3) is 0 Å². The molecule has 1 N–H and O–H groups in total. The molecule has 1 heterocycles. The summed E-state index contributed by atoms with van der Waals surface area (Å²) in [6, 6.07) is 1.55. The first-order valence-corrected chi connectivity index (χ1v) is 6.92. The van der Waals surface area contributed by atoms with Crippen LogP contribution in [0.1, 0.15) is 29.6 Å². The number of benzene rings is 1. The molecule has 0 aliphatic carbocycles. The van der Waals surface area contributed by atoms with Crippen molar-refractivity contribution in [2.75, 3.05) is 13.1 Å². The highest BCUT2D eigenvalue weighted by Crippen LogP contribution is 2.24. The SMILES string of the molecule is O=C(O)CC1CCCN(C(=O)c2cc(F)c(Cl)cc2F)C1. The lowest BCUT2D eigenvalue weighted by Gasteiger charge is -2.32. The van der Waals surface area contributed by atoms with E-state index in [0.717, 1.165) is 12.1 Å². The van der Waals surface area contributed by atoms with Gasteiger partial charge < -0.3 is 10.0 Å². The molecule has 4 nitrogen and oxygen atoms in total. The molecule has 1 aromatic carbocycles. The normalized spacial score (nSPS) is 18.6. The van der Waals surface area contributed by atoms with Gasteiger partial charge in [-0.05, 0) is 30.9 Å². The number of likely N-dealkylation sites (tertiary alicyclic amines) is 1. The molecule has 7 heteroatoms. The second kappa shape index (κ2) is 6.39. The Morgan fingerprint density at radius 2 is 2.05 bits per heavy atom. The number of hydrogen-bond donors (Lipinski definition) is 1. The lowest BCUT2D eigenvalue weighted by Crippen LogP contribution is -2.40. The standard InChI is InChI=1S/C14H14ClF2NO3/c15-10-6-11(16)9(5-12(10)17)14(21)18-3-1-2-8(7-18)4-13(19)20/h5-6,8H,1-4,7H2,(H,19,20). The molecule has 1 unspecified atom stereocenters. The van der Waals surface area contributed by atoms with E-state index < -0.39 is 23.5 Å². The van der Waals surface area contributed by atoms with Crippen LogP contribution < -0.4 is 0 Å². The number of nitrogens with zero attached hydrogens (tertiary/aromatic N) is 1. The fraction of sp³-hybridized carbons (Fsp3) is 0.429. The van der Waals surface area contributed by atoms with Gasteiger partial charge in [0.25, 0.3) is 5.91 Å². The van der Waals surface area contributed by atoms with Gasteiger partial charge in [0.15, 0.2) is 0 Å². The number of carbonyl (C=O) groups excluding carboxylic acids is 1. The molecule has 0 aromatic heterocycles. The van der Waals surface area contributed by atoms with Gasteiger partial charge in [-0.2, -0.15) is 0 Å². The van der Waals surface area contributed by atoms with Crippen molar-refractivity contribution in [3.05, 3.63) is 34.4 Å². The molecule has 1 saturated heterocycles. The number of aliphatic carboxylic acids is 1. The predicted molar refractivity (Wildman–Crippen MR) is 72.2 cm³/mol. The Hall–Kier alpha value is -1.69. The monoisotopic (exact) mass is 317 g/mol. The van der Waals surface area contributed by atoms with Crippen LogP contribution >= 0.6 is 11.6 Å². The molecule has 0 bridgehead atoms. The van der Waals surface area contributed by atoms with Crippen LogP contribution in [-0.2, 0) is 4.79 Å². The average molecular weight is 318 g/mol. The average Bonchev–Trinajstić information content (AvgIpc) is 2.41. The summed E-state index contributed by atoms with van der Waals surface area (Å²) in [4.78, 5) is 24.3. The van der Waals surface area contributed by atoms with Crippen LogP contribution in [0.4, 0.5) is 8.78 Å². The van der Waals surface area contributed by atoms with E-state index in [1.807, 2.05) is 0 Å². The molecule has 0 radical (unpaired) electrons. The molecular formula is C14H14ClF2NO3. The van der Waals surface area contributed by atoms with E-state index in [0.29, 0.717) is 19.4 Å². The third kappa shape index (κ3) is 3.69. The molecule has 0 spiro atoms. The van der Waals surface area contributed by atoms with Crippen LogP contribution in [0.15, 0.2) is 12.1 Å². The lowest BCUT2D eigenvalue weighted by molar-refractivity contribution is -0.138. The zero-order valence-corrected chi connectivity index (χ0v) is 11.9. The van der Waals surface area contributed by atoms with Crippen molar-refractivity contribution in [3.63, 3.8) is 0 Å². The van der Waals surface area contributed by atoms with Gasteiger partial charge in [0.1, 0.15) is 11.6 Å². The first-order valence-electron chi connectivity index (χ1n) is 6.54. The summed E-state index contributed by atoms with van der Waals surface area (Å²) < 4.78 is 27.1. The highest BCUT2D eigenvalue weighted by Gasteiger charge is 2.28. The Morgan fingerprint density at radius 3 is 2.71 bits per heavy atom. The number of piperidine rings is 1. The molecule has 114 valence electrons. The van der Waals surface area contributed by atoms with Gasteiger partial charge in [-0.25, -0.2) is 8.78 Å². The molecule has 1 aliphatic rings. The third-order valence-electron chi connectivity index (χ3n) is 3.51. The number of rotatable bonds is 3. The maximum absolute atomic E-state index is 13.8. The maximum atomic E-state index is 13.8. The Morgan fingerprint density at radius 1 is 1.33 bits per heavy atom. The quantitative estimate of drug-likeness (QED) is 0.872. The number of carboxylic acids is 1. The van der Waals surface area contributed by atoms with Crippen molar-refractivity contribution in [2.45, 2.75) is 19.3 Å². The van der Waals surface area contributed by atoms with Crippen molar-refractivity contribution in [3.8, 4) is 0 Å². The van der Waals surface area contributed by atoms with Crippen LogP contribution in [0.3, 0.4) is 0 Å². The van der Waals surface area contributed by atoms with E-state index in [9.17, 15) is 18.4 Å². The fourth-order valence-corrected chi connectivity index (χ4v) is 2.67. The third-order valence-corrected chi connectivity index (χ3v) is 3.80. The van der Waals surface area contributed by atoms with Gasteiger partial charge in [-0.3, -0.25) is 9.59 Å². The molecule has 1 fully saturated rings. The Bertz CT molecular complexity index is 580. The van der Waals surface area contributed by atoms with E-state index in [4.69, 9.17) is 16.7 Å². The summed E-state index contributed by atoms with van der Waals surface area (Å²) >= 11 is 5.45. The topological polar surface area (TPSA) is 57.6 Å². The minimum absolute atomic E-state index is 0.0404. The van der Waals surface area contributed by atoms with E-state index in [2.05, 4.69) is 0 Å². The summed E-state index contributed by atoms with van der Waals surface area (Å²) in [5, 5.41) is 8.41. The van der Waals surface area contributed by atoms with Crippen LogP contribution in [0, 0.1) is 17.6 Å². The Kier molecular flexibility index (Phi) is 4.77. The predicted octanol–water partition coefficient (Wildman–Crippen LogP) is 2.95. The van der Waals surface area contributed by atoms with E-state index in [1.165, 1.54) is 4.90 Å². The Labute approximate surface area is 125 Å². The van der Waals surface area contributed by atoms with Gasteiger partial charge in [-0.1, -0.05) is 11.6 Å². The molecular weight excluding hydrogens is 304 g/mol. The number of hydrogen-bond acceptors (Lipinski definition) is 2. The van der Waals surface area contributed by atoms with Gasteiger partial charge >= 0.3 is 5.97 Å². The minimum Gasteiger partial charge on any atom is -0.481 e. The summed E-state index contributed by atoms with van der Waals surface area (Å²) in [7, 11) is 0. The molecule has 1 aliphatic heterocycles. The second-order valence-corrected chi connectivity index (χ2v) is 5.51. The first kappa shape index (κ1) is 15.7. The van der Waals surface area contributed by atoms with Crippen molar-refractivity contribution in [2.24, 2.45) is 5.92 Å². The van der Waals surface area contributed by atoms with E-state index in [-0.39, 0.29) is 29.5 Å². The summed E-state index contributed by atoms with van der Waals surface area (Å²) in [6.45, 7) is 0.632. The molecule has 1 aromatic rings. The molecule has 21 heavy (non-hydrogen) atoms. The molecule has 2 rings (SSSR count). The molecule has 0 saturated carbocycles. The highest BCUT2D eigenvalue weighted by atomic mass is 35.5. The van der Waals surface area contributed by atoms with Crippen molar-refractivity contribution in [1.29, 1.82) is 0 Å². The molecule has 1 amide bonds. The largest absolute Gasteiger partial charge is 0.481 e. The minimum atomic E-state index is -0.932. The lowest BCUT2D eigenvalue weighted by atomic mass is 9.94. The van der Waals surface area contributed by atoms with E-state index in [1.54, 1.807) is 0 Å². The highest BCUT2D eigenvalue weighted by molar-refractivity contribution is 6.30. The first-order chi connectivity index (χ1) is 9.88. The van der Waals surface area contributed by atoms with Crippen molar-refractivity contribution in [1.82, 2.24) is 4.90 Å². The number of carbonyl (C=O) groups is 2. The maximum Gasteiger partial charge on any atom is 0.303 e. The summed E-state index contributed by atoms with van der Waals surface area (Å²) in [5.74, 6) is -3.48. The second-order valence-electron chi connectivity index (χ2n) is 5.10. The van der Waals surface area contributed by atoms with Gasteiger partial charge in [0, 0.05) is 19.5 Å². The van der Waals surface area contributed by atoms with Crippen molar-refractivity contribution < 1.29 is 23.5 Å². The van der Waals surface area contributed by atoms with Crippen LogP contribution in [0.5, 0.6) is 0 Å². The zero-order valence-electron chi connectivity index (χ0n) is 11.1. The Balaban J connectivity index is 2.16. The van der Waals surface area contributed by atoms with Gasteiger partial charge in [0.05, 0.1) is 10.6 Å². The number of amides is 1. The summed E-state index contributed by atoms with van der Waals surface area (Å²) in [5.41, 5.74) is -0.382. The number of carboxylic acid groups (broad SMARTS) is 1. The van der Waals surface area contributed by atoms with Gasteiger partial charge in [0.2, 0.25) is 0 Å². The van der Waals surface area contributed by atoms with Crippen LogP contribution in [0.2, 0.25) is 5.02 Å². The fourth-order valence-electron chi connectivity index (χ4n) is 2.52. The van der Waals surface area contributed by atoms with Crippen molar-refractivity contribution >= 4 is 23.5 Å². The summed E-state index contributed by atoms with van der Waals surface area (Å²) in [6.07, 6.45) is 1.30. The van der Waals surface area contributed by atoms with Crippen LogP contribution in [-0.4, -0.2) is 35.0 Å². The smallest absolute Gasteiger partial charge is 0.303 e. The molecule has 1 atom stereocenters. The van der Waals surface area contributed by atoms with E-state index >= 15 is 0 Å². The van der Waals surface area contributed by atoms with Gasteiger partial charge in [-0.15, -0.1) is 0 Å². The zero-order chi connectivity index (χ0) is 15.6. The number of halogens is 3.